The van der Waals surface area contributed by atoms with Crippen molar-refractivity contribution in [1.29, 1.82) is 0 Å². The molecule has 0 bridgehead atoms. The van der Waals surface area contributed by atoms with Gasteiger partial charge in [0, 0.05) is 12.6 Å². The van der Waals surface area contributed by atoms with Gasteiger partial charge in [-0.1, -0.05) is 87.4 Å². The third-order valence-electron chi connectivity index (χ3n) is 6.05. The average molecular weight is 408 g/mol. The maximum Gasteiger partial charge on any atom is 0.410 e. The van der Waals surface area contributed by atoms with Gasteiger partial charge in [0.2, 0.25) is 0 Å². The molecule has 2 fully saturated rings. The van der Waals surface area contributed by atoms with Gasteiger partial charge in [-0.05, 0) is 42.2 Å². The van der Waals surface area contributed by atoms with Crippen LogP contribution in [0.4, 0.5) is 4.79 Å². The summed E-state index contributed by atoms with van der Waals surface area (Å²) in [6.07, 6.45) is 5.70. The van der Waals surface area contributed by atoms with Crippen LogP contribution in [0.15, 0.2) is 73.8 Å². The monoisotopic (exact) mass is 407 g/mol. The first-order chi connectivity index (χ1) is 14.8. The Hall–Kier alpha value is -2.55. The van der Waals surface area contributed by atoms with Crippen LogP contribution in [0.3, 0.4) is 0 Å². The van der Waals surface area contributed by atoms with Gasteiger partial charge in [-0.2, -0.15) is 0 Å². The number of hydrogen-bond donors (Lipinski definition) is 0. The molecule has 0 radical (unpaired) electrons. The highest BCUT2D eigenvalue weighted by Crippen LogP contribution is 2.44. The number of benzene rings is 2. The number of rotatable bonds is 3. The lowest BCUT2D eigenvalue weighted by atomic mass is 9.69. The van der Waals surface area contributed by atoms with E-state index in [1.54, 1.807) is 0 Å². The van der Waals surface area contributed by atoms with Crippen molar-refractivity contribution in [3.8, 4) is 0 Å². The third-order valence-corrected chi connectivity index (χ3v) is 6.05. The molecule has 3 unspecified atom stereocenters. The molecule has 1 aliphatic carbocycles. The molecule has 4 rings (SSSR count). The summed E-state index contributed by atoms with van der Waals surface area (Å²) in [6.45, 7) is 11.2. The second-order valence-corrected chi connectivity index (χ2v) is 7.56. The first-order valence-electron chi connectivity index (χ1n) is 11.3. The number of piperidine rings is 1. The zero-order valence-electron chi connectivity index (χ0n) is 18.6. The van der Waals surface area contributed by atoms with Gasteiger partial charge in [0.1, 0.15) is 6.61 Å². The predicted octanol–water partition coefficient (Wildman–Crippen LogP) is 7.20. The summed E-state index contributed by atoms with van der Waals surface area (Å²) in [5, 5.41) is 0. The van der Waals surface area contributed by atoms with Crippen molar-refractivity contribution in [2.45, 2.75) is 64.5 Å². The highest BCUT2D eigenvalue weighted by molar-refractivity contribution is 5.68. The van der Waals surface area contributed by atoms with E-state index >= 15 is 0 Å². The van der Waals surface area contributed by atoms with Crippen molar-refractivity contribution in [3.63, 3.8) is 0 Å². The molecule has 162 valence electrons. The average Bonchev–Trinajstić information content (AvgIpc) is 2.85. The van der Waals surface area contributed by atoms with Gasteiger partial charge in [0.05, 0.1) is 0 Å². The highest BCUT2D eigenvalue weighted by Gasteiger charge is 2.42. The zero-order chi connectivity index (χ0) is 21.8. The lowest BCUT2D eigenvalue weighted by Crippen LogP contribution is -2.52. The number of amides is 1. The van der Waals surface area contributed by atoms with Crippen LogP contribution < -0.4 is 0 Å². The minimum Gasteiger partial charge on any atom is -0.445 e. The Bertz CT molecular complexity index is 731. The fraction of sp³-hybridized carbons (Fsp3) is 0.444. The van der Waals surface area contributed by atoms with Crippen LogP contribution in [0, 0.1) is 5.92 Å². The number of ether oxygens (including phenoxy) is 1. The fourth-order valence-corrected chi connectivity index (χ4v) is 4.80. The number of carbonyl (C=O) groups excluding carboxylic acids is 1. The lowest BCUT2D eigenvalue weighted by Gasteiger charge is -2.47. The predicted molar refractivity (Wildman–Crippen MR) is 125 cm³/mol. The molecule has 0 N–H and O–H groups in total. The summed E-state index contributed by atoms with van der Waals surface area (Å²) in [4.78, 5) is 14.8. The maximum atomic E-state index is 12.8. The minimum atomic E-state index is -0.141. The quantitative estimate of drug-likeness (QED) is 0.503. The molecule has 1 saturated carbocycles. The van der Waals surface area contributed by atoms with Crippen molar-refractivity contribution in [2.24, 2.45) is 5.92 Å². The molecule has 3 nitrogen and oxygen atoms in total. The summed E-state index contributed by atoms with van der Waals surface area (Å²) >= 11 is 0. The largest absolute Gasteiger partial charge is 0.445 e. The highest BCUT2D eigenvalue weighted by atomic mass is 16.6. The molecule has 30 heavy (non-hydrogen) atoms. The molecule has 3 heteroatoms. The Morgan fingerprint density at radius 2 is 1.53 bits per heavy atom. The van der Waals surface area contributed by atoms with E-state index in [1.165, 1.54) is 24.8 Å². The third kappa shape index (κ3) is 5.98. The molecule has 0 spiro atoms. The van der Waals surface area contributed by atoms with Crippen LogP contribution in [-0.2, 0) is 11.3 Å². The number of carbonyl (C=O) groups is 1. The molecule has 1 amide bonds. The summed E-state index contributed by atoms with van der Waals surface area (Å²) < 4.78 is 5.64. The molecule has 3 atom stereocenters. The topological polar surface area (TPSA) is 29.5 Å². The Kier molecular flexibility index (Phi) is 10.2. The van der Waals surface area contributed by atoms with Crippen LogP contribution >= 0.6 is 0 Å². The SMILES string of the molecule is C=C.CC.O=C(OCc1ccccc1)N1CCC(c2ccccc2)C2CCCCC21. The second kappa shape index (κ2) is 12.9. The fourth-order valence-electron chi connectivity index (χ4n) is 4.80. The molecule has 1 saturated heterocycles. The van der Waals surface area contributed by atoms with E-state index in [1.807, 2.05) is 49.1 Å². The molecule has 2 aromatic carbocycles. The van der Waals surface area contributed by atoms with Crippen molar-refractivity contribution in [1.82, 2.24) is 4.90 Å². The molecular weight excluding hydrogens is 370 g/mol. The smallest absolute Gasteiger partial charge is 0.410 e. The van der Waals surface area contributed by atoms with E-state index < -0.39 is 0 Å². The number of likely N-dealkylation sites (tertiary alicyclic amines) is 1. The first-order valence-corrected chi connectivity index (χ1v) is 11.3. The van der Waals surface area contributed by atoms with Crippen molar-refractivity contribution < 1.29 is 9.53 Å². The van der Waals surface area contributed by atoms with E-state index in [0.717, 1.165) is 24.9 Å². The Morgan fingerprint density at radius 1 is 0.933 bits per heavy atom. The van der Waals surface area contributed by atoms with E-state index in [9.17, 15) is 4.79 Å². The molecule has 2 aliphatic rings. The van der Waals surface area contributed by atoms with Gasteiger partial charge in [0.15, 0.2) is 0 Å². The standard InChI is InChI=1S/C23H27NO2.C2H6.C2H4/c25-23(26-17-18-9-3-1-4-10-18)24-16-15-20(19-11-5-2-6-12-19)21-13-7-8-14-22(21)24;2*1-2/h1-6,9-12,20-22H,7-8,13-17H2;1-2H3;1-2H2. The molecule has 1 heterocycles. The van der Waals surface area contributed by atoms with E-state index in [-0.39, 0.29) is 6.09 Å². The van der Waals surface area contributed by atoms with Gasteiger partial charge in [-0.15, -0.1) is 13.2 Å². The van der Waals surface area contributed by atoms with Crippen LogP contribution in [0.1, 0.15) is 63.0 Å². The van der Waals surface area contributed by atoms with Crippen molar-refractivity contribution >= 4 is 6.09 Å². The molecule has 0 aromatic heterocycles. The van der Waals surface area contributed by atoms with Gasteiger partial charge in [-0.3, -0.25) is 0 Å². The summed E-state index contributed by atoms with van der Waals surface area (Å²) in [7, 11) is 0. The number of nitrogens with zero attached hydrogens (tertiary/aromatic N) is 1. The summed E-state index contributed by atoms with van der Waals surface area (Å²) in [5.74, 6) is 1.13. The van der Waals surface area contributed by atoms with Crippen LogP contribution in [0.5, 0.6) is 0 Å². The van der Waals surface area contributed by atoms with Gasteiger partial charge >= 0.3 is 6.09 Å². The summed E-state index contributed by atoms with van der Waals surface area (Å²) in [6, 6.07) is 21.1. The lowest BCUT2D eigenvalue weighted by molar-refractivity contribution is 0.0250. The Balaban J connectivity index is 0.000000757. The van der Waals surface area contributed by atoms with Gasteiger partial charge in [0.25, 0.3) is 0 Å². The van der Waals surface area contributed by atoms with Crippen molar-refractivity contribution in [2.75, 3.05) is 6.54 Å². The van der Waals surface area contributed by atoms with Gasteiger partial charge in [-0.25, -0.2) is 4.79 Å². The number of hydrogen-bond acceptors (Lipinski definition) is 2. The normalized spacial score (nSPS) is 22.3. The molecule has 1 aliphatic heterocycles. The van der Waals surface area contributed by atoms with Crippen LogP contribution in [-0.4, -0.2) is 23.6 Å². The van der Waals surface area contributed by atoms with E-state index in [0.29, 0.717) is 24.5 Å². The minimum absolute atomic E-state index is 0.141. The maximum absolute atomic E-state index is 12.8. The van der Waals surface area contributed by atoms with Crippen molar-refractivity contribution in [3.05, 3.63) is 84.9 Å². The van der Waals surface area contributed by atoms with E-state index in [2.05, 4.69) is 43.5 Å². The zero-order valence-corrected chi connectivity index (χ0v) is 18.6. The van der Waals surface area contributed by atoms with Crippen LogP contribution in [0.25, 0.3) is 0 Å². The Morgan fingerprint density at radius 3 is 2.20 bits per heavy atom. The Labute approximate surface area is 182 Å². The van der Waals surface area contributed by atoms with Crippen LogP contribution in [0.2, 0.25) is 0 Å². The second-order valence-electron chi connectivity index (χ2n) is 7.56. The van der Waals surface area contributed by atoms with E-state index in [4.69, 9.17) is 4.74 Å². The van der Waals surface area contributed by atoms with Gasteiger partial charge < -0.3 is 9.64 Å². The number of fused-ring (bicyclic) bond motifs is 1. The molecular formula is C27H37NO2. The molecule has 2 aromatic rings. The first kappa shape index (κ1) is 23.7. The summed E-state index contributed by atoms with van der Waals surface area (Å²) in [5.41, 5.74) is 2.47.